The highest BCUT2D eigenvalue weighted by atomic mass is 32.1. The molecule has 5 rings (SSSR count). The first-order valence-electron chi connectivity index (χ1n) is 7.04. The minimum Gasteiger partial charge on any atom is -0.176 e. The van der Waals surface area contributed by atoms with E-state index in [1.54, 1.807) is 19.3 Å². The standard InChI is InChI=1S/C14H20S/c15-11-5-10-12(7-2-1-6(7)11)14-9-4-3-8(9)13(10)14/h6-15H,1-5H2. The van der Waals surface area contributed by atoms with Gasteiger partial charge in [-0.2, -0.15) is 12.6 Å². The van der Waals surface area contributed by atoms with E-state index in [1.165, 1.54) is 42.4 Å². The zero-order chi connectivity index (χ0) is 9.73. The van der Waals surface area contributed by atoms with Gasteiger partial charge in [-0.1, -0.05) is 0 Å². The van der Waals surface area contributed by atoms with Crippen molar-refractivity contribution in [2.45, 2.75) is 37.4 Å². The summed E-state index contributed by atoms with van der Waals surface area (Å²) in [5.74, 6) is 9.35. The molecule has 0 bridgehead atoms. The van der Waals surface area contributed by atoms with Crippen LogP contribution < -0.4 is 0 Å². The Morgan fingerprint density at radius 3 is 1.73 bits per heavy atom. The summed E-state index contributed by atoms with van der Waals surface area (Å²) in [6.07, 6.45) is 7.73. The van der Waals surface area contributed by atoms with Gasteiger partial charge >= 0.3 is 0 Å². The molecule has 5 fully saturated rings. The Morgan fingerprint density at radius 1 is 0.600 bits per heavy atom. The quantitative estimate of drug-likeness (QED) is 0.595. The first kappa shape index (κ1) is 8.44. The first-order valence-corrected chi connectivity index (χ1v) is 7.56. The Kier molecular flexibility index (Phi) is 1.38. The van der Waals surface area contributed by atoms with Crippen LogP contribution in [0.5, 0.6) is 0 Å². The normalized spacial score (nSPS) is 73.0. The Balaban J connectivity index is 1.47. The van der Waals surface area contributed by atoms with Crippen molar-refractivity contribution in [2.24, 2.45) is 47.3 Å². The molecule has 0 aliphatic heterocycles. The van der Waals surface area contributed by atoms with E-state index in [-0.39, 0.29) is 0 Å². The fraction of sp³-hybridized carbons (Fsp3) is 1.00. The highest BCUT2D eigenvalue weighted by Gasteiger charge is 2.72. The van der Waals surface area contributed by atoms with Crippen molar-refractivity contribution < 1.29 is 0 Å². The molecular weight excluding hydrogens is 200 g/mol. The summed E-state index contributed by atoms with van der Waals surface area (Å²) in [5.41, 5.74) is 0. The van der Waals surface area contributed by atoms with Crippen LogP contribution in [0.25, 0.3) is 0 Å². The molecule has 5 aliphatic carbocycles. The van der Waals surface area contributed by atoms with Crippen LogP contribution in [-0.2, 0) is 0 Å². The van der Waals surface area contributed by atoms with Gasteiger partial charge in [0.25, 0.3) is 0 Å². The molecular formula is C14H20S. The Hall–Kier alpha value is 0.350. The molecule has 9 atom stereocenters. The van der Waals surface area contributed by atoms with Crippen LogP contribution in [0.15, 0.2) is 0 Å². The molecule has 0 radical (unpaired) electrons. The van der Waals surface area contributed by atoms with Crippen molar-refractivity contribution in [3.8, 4) is 0 Å². The second-order valence-corrected chi connectivity index (χ2v) is 7.67. The van der Waals surface area contributed by atoms with Gasteiger partial charge in [0.05, 0.1) is 0 Å². The van der Waals surface area contributed by atoms with Crippen molar-refractivity contribution in [3.63, 3.8) is 0 Å². The van der Waals surface area contributed by atoms with Gasteiger partial charge < -0.3 is 0 Å². The smallest absolute Gasteiger partial charge is 0.00506 e. The Morgan fingerprint density at radius 2 is 1.13 bits per heavy atom. The molecule has 0 saturated heterocycles. The first-order chi connectivity index (χ1) is 7.36. The van der Waals surface area contributed by atoms with Crippen molar-refractivity contribution in [1.82, 2.24) is 0 Å². The van der Waals surface area contributed by atoms with Gasteiger partial charge in [-0.25, -0.2) is 0 Å². The third kappa shape index (κ3) is 0.741. The summed E-state index contributed by atoms with van der Waals surface area (Å²) < 4.78 is 0. The van der Waals surface area contributed by atoms with E-state index >= 15 is 0 Å². The molecule has 0 heterocycles. The maximum absolute atomic E-state index is 4.86. The van der Waals surface area contributed by atoms with E-state index in [9.17, 15) is 0 Å². The van der Waals surface area contributed by atoms with E-state index in [0.29, 0.717) is 0 Å². The summed E-state index contributed by atoms with van der Waals surface area (Å²) in [5, 5.41) is 0.782. The fourth-order valence-electron chi connectivity index (χ4n) is 6.35. The molecule has 0 nitrogen and oxygen atoms in total. The molecule has 0 aromatic rings. The van der Waals surface area contributed by atoms with Crippen LogP contribution in [0.3, 0.4) is 0 Å². The van der Waals surface area contributed by atoms with Crippen molar-refractivity contribution >= 4 is 12.6 Å². The highest BCUT2D eigenvalue weighted by molar-refractivity contribution is 7.81. The predicted octanol–water partition coefficient (Wildman–Crippen LogP) is 3.23. The van der Waals surface area contributed by atoms with Crippen LogP contribution in [0.1, 0.15) is 32.1 Å². The highest BCUT2D eigenvalue weighted by Crippen LogP contribution is 2.77. The molecule has 15 heavy (non-hydrogen) atoms. The van der Waals surface area contributed by atoms with Gasteiger partial charge in [-0.15, -0.1) is 0 Å². The van der Waals surface area contributed by atoms with Gasteiger partial charge in [0, 0.05) is 5.25 Å². The van der Waals surface area contributed by atoms with Crippen LogP contribution in [0, 0.1) is 47.3 Å². The molecule has 0 amide bonds. The summed E-state index contributed by atoms with van der Waals surface area (Å²) in [7, 11) is 0. The lowest BCUT2D eigenvalue weighted by atomic mass is 9.28. The van der Waals surface area contributed by atoms with E-state index in [0.717, 1.165) is 23.0 Å². The molecule has 5 aliphatic rings. The SMILES string of the molecule is SC1CC2C(C3CCC13)C1C3CCC3C21. The second-order valence-electron chi connectivity index (χ2n) is 7.01. The van der Waals surface area contributed by atoms with Crippen molar-refractivity contribution in [3.05, 3.63) is 0 Å². The third-order valence-electron chi connectivity index (χ3n) is 7.14. The Bertz CT molecular complexity index is 323. The second kappa shape index (κ2) is 2.44. The maximum Gasteiger partial charge on any atom is 0.00506 e. The van der Waals surface area contributed by atoms with Crippen LogP contribution in [0.4, 0.5) is 0 Å². The summed E-state index contributed by atoms with van der Waals surface area (Å²) in [6.45, 7) is 0. The minimum atomic E-state index is 0.782. The monoisotopic (exact) mass is 220 g/mol. The largest absolute Gasteiger partial charge is 0.176 e. The number of rotatable bonds is 0. The minimum absolute atomic E-state index is 0.782. The molecule has 0 spiro atoms. The molecule has 82 valence electrons. The van der Waals surface area contributed by atoms with E-state index in [1.807, 2.05) is 0 Å². The summed E-state index contributed by atoms with van der Waals surface area (Å²) in [4.78, 5) is 0. The van der Waals surface area contributed by atoms with Crippen molar-refractivity contribution in [2.75, 3.05) is 0 Å². The van der Waals surface area contributed by atoms with Crippen LogP contribution in [0.2, 0.25) is 0 Å². The summed E-state index contributed by atoms with van der Waals surface area (Å²) in [6, 6.07) is 0. The van der Waals surface area contributed by atoms with Crippen LogP contribution >= 0.6 is 12.6 Å². The Labute approximate surface area is 97.6 Å². The zero-order valence-electron chi connectivity index (χ0n) is 9.18. The lowest BCUT2D eigenvalue weighted by Gasteiger charge is -2.78. The van der Waals surface area contributed by atoms with E-state index in [2.05, 4.69) is 0 Å². The van der Waals surface area contributed by atoms with E-state index in [4.69, 9.17) is 12.6 Å². The molecule has 1 heteroatoms. The van der Waals surface area contributed by atoms with Crippen LogP contribution in [-0.4, -0.2) is 5.25 Å². The summed E-state index contributed by atoms with van der Waals surface area (Å²) >= 11 is 4.86. The third-order valence-corrected chi connectivity index (χ3v) is 7.73. The van der Waals surface area contributed by atoms with Gasteiger partial charge in [0.15, 0.2) is 0 Å². The zero-order valence-corrected chi connectivity index (χ0v) is 10.1. The number of fused-ring (bicyclic) bond motifs is 9. The topological polar surface area (TPSA) is 0 Å². The van der Waals surface area contributed by atoms with Gasteiger partial charge in [-0.05, 0) is 79.4 Å². The number of thiol groups is 1. The predicted molar refractivity (Wildman–Crippen MR) is 63.8 cm³/mol. The van der Waals surface area contributed by atoms with Gasteiger partial charge in [0.2, 0.25) is 0 Å². The average molecular weight is 220 g/mol. The molecule has 0 N–H and O–H groups in total. The fourth-order valence-corrected chi connectivity index (χ4v) is 6.97. The van der Waals surface area contributed by atoms with E-state index < -0.39 is 0 Å². The average Bonchev–Trinajstić information content (AvgIpc) is 2.12. The molecule has 0 aromatic heterocycles. The maximum atomic E-state index is 4.86. The van der Waals surface area contributed by atoms with Gasteiger partial charge in [0.1, 0.15) is 0 Å². The lowest BCUT2D eigenvalue weighted by Crippen LogP contribution is -2.73. The number of hydrogen-bond donors (Lipinski definition) is 1. The van der Waals surface area contributed by atoms with Gasteiger partial charge in [-0.3, -0.25) is 0 Å². The molecule has 5 saturated carbocycles. The molecule has 0 aromatic carbocycles. The van der Waals surface area contributed by atoms with Crippen molar-refractivity contribution in [1.29, 1.82) is 0 Å². The molecule has 9 unspecified atom stereocenters. The lowest BCUT2D eigenvalue weighted by molar-refractivity contribution is -0.290. The number of hydrogen-bond acceptors (Lipinski definition) is 1.